The Bertz CT molecular complexity index is 808. The molecule has 42 heavy (non-hydrogen) atoms. The van der Waals surface area contributed by atoms with Gasteiger partial charge < -0.3 is 30.2 Å². The minimum Gasteiger partial charge on any atom is -0.496 e. The number of rotatable bonds is 29. The fraction of sp³-hybridized carbons (Fsp3) is 0.667. The average Bonchev–Trinajstić information content (AvgIpc) is 3.03. The molecule has 0 unspecified atom stereocenters. The predicted molar refractivity (Wildman–Crippen MR) is 178 cm³/mol. The third-order valence-electron chi connectivity index (χ3n) is 7.76. The topological polar surface area (TPSA) is 63.8 Å². The smallest absolute Gasteiger partial charge is 0.124 e. The van der Waals surface area contributed by atoms with Crippen molar-refractivity contribution in [2.75, 3.05) is 53.6 Å². The van der Waals surface area contributed by atoms with Crippen LogP contribution >= 0.6 is 0 Å². The van der Waals surface area contributed by atoms with Gasteiger partial charge in [0.1, 0.15) is 11.5 Å². The first kappa shape index (κ1) is 36.1. The van der Waals surface area contributed by atoms with Gasteiger partial charge in [-0.15, -0.1) is 0 Å². The van der Waals surface area contributed by atoms with Crippen molar-refractivity contribution in [3.8, 4) is 11.5 Å². The van der Waals surface area contributed by atoms with Gasteiger partial charge in [-0.2, -0.15) is 0 Å². The van der Waals surface area contributed by atoms with E-state index in [0.717, 1.165) is 56.3 Å². The molecule has 0 aliphatic heterocycles. The zero-order valence-corrected chi connectivity index (χ0v) is 26.9. The van der Waals surface area contributed by atoms with Crippen molar-refractivity contribution < 1.29 is 14.2 Å². The number of nitrogens with one attached hydrogen (secondary N) is 3. The molecule has 0 amide bonds. The summed E-state index contributed by atoms with van der Waals surface area (Å²) in [6.45, 7) is 8.07. The van der Waals surface area contributed by atoms with E-state index in [9.17, 15) is 0 Å². The Morgan fingerprint density at radius 1 is 0.452 bits per heavy atom. The fourth-order valence-electron chi connectivity index (χ4n) is 5.19. The van der Waals surface area contributed by atoms with Crippen LogP contribution in [0.3, 0.4) is 0 Å². The van der Waals surface area contributed by atoms with Gasteiger partial charge in [-0.25, -0.2) is 0 Å². The number of hydrogen-bond donors (Lipinski definition) is 3. The number of unbranched alkanes of at least 4 members (excludes halogenated alkanes) is 11. The minimum atomic E-state index is 0.634. The summed E-state index contributed by atoms with van der Waals surface area (Å²) in [5.74, 6) is 1.89. The minimum absolute atomic E-state index is 0.634. The molecule has 0 bridgehead atoms. The van der Waals surface area contributed by atoms with Crippen LogP contribution in [0.1, 0.15) is 101 Å². The molecule has 6 heteroatoms. The van der Waals surface area contributed by atoms with Crippen LogP contribution in [0.15, 0.2) is 48.5 Å². The lowest BCUT2D eigenvalue weighted by Crippen LogP contribution is -2.17. The van der Waals surface area contributed by atoms with E-state index in [2.05, 4.69) is 34.1 Å². The Morgan fingerprint density at radius 3 is 1.38 bits per heavy atom. The lowest BCUT2D eigenvalue weighted by Gasteiger charge is -2.09. The second-order valence-corrected chi connectivity index (χ2v) is 11.3. The highest BCUT2D eigenvalue weighted by atomic mass is 16.5. The van der Waals surface area contributed by atoms with Crippen molar-refractivity contribution in [3.05, 3.63) is 59.7 Å². The van der Waals surface area contributed by atoms with Gasteiger partial charge >= 0.3 is 0 Å². The van der Waals surface area contributed by atoms with Crippen LogP contribution < -0.4 is 25.4 Å². The zero-order valence-electron chi connectivity index (χ0n) is 26.9. The SMILES string of the molecule is COc1ccccc1CNCCCCCCNCCCCCCCCNCCCCCCOCc1ccccc1OC. The third-order valence-corrected chi connectivity index (χ3v) is 7.76. The first-order valence-electron chi connectivity index (χ1n) is 16.8. The Kier molecular flexibility index (Phi) is 22.8. The lowest BCUT2D eigenvalue weighted by atomic mass is 10.1. The summed E-state index contributed by atoms with van der Waals surface area (Å²) in [7, 11) is 3.45. The molecule has 2 aromatic carbocycles. The molecule has 0 fully saturated rings. The summed E-state index contributed by atoms with van der Waals surface area (Å²) in [6, 6.07) is 16.3. The van der Waals surface area contributed by atoms with E-state index in [4.69, 9.17) is 14.2 Å². The molecular weight excluding hydrogens is 522 g/mol. The van der Waals surface area contributed by atoms with Crippen LogP contribution in [0.2, 0.25) is 0 Å². The number of methoxy groups -OCH3 is 2. The molecular formula is C36H61N3O3. The van der Waals surface area contributed by atoms with Crippen LogP contribution in [-0.4, -0.2) is 53.6 Å². The van der Waals surface area contributed by atoms with Crippen LogP contribution in [-0.2, 0) is 17.9 Å². The standard InChI is InChI=1S/C36H61N3O3/c1-40-35-23-13-11-21-33(35)31-39-29-19-8-7-17-27-37-25-15-5-3-4-6-16-26-38-28-18-9-10-20-30-42-32-34-22-12-14-24-36(34)41-2/h11-14,21-24,37-39H,3-10,15-20,25-32H2,1-2H3. The first-order valence-corrected chi connectivity index (χ1v) is 16.8. The molecule has 2 aromatic rings. The number of benzene rings is 2. The highest BCUT2D eigenvalue weighted by Crippen LogP contribution is 2.18. The number of hydrogen-bond acceptors (Lipinski definition) is 6. The predicted octanol–water partition coefficient (Wildman–Crippen LogP) is 7.65. The molecule has 0 aromatic heterocycles. The van der Waals surface area contributed by atoms with E-state index in [1.165, 1.54) is 102 Å². The Morgan fingerprint density at radius 2 is 0.857 bits per heavy atom. The van der Waals surface area contributed by atoms with Gasteiger partial charge in [-0.3, -0.25) is 0 Å². The Balaban J connectivity index is 1.21. The average molecular weight is 584 g/mol. The van der Waals surface area contributed by atoms with Crippen LogP contribution in [0.4, 0.5) is 0 Å². The van der Waals surface area contributed by atoms with Gasteiger partial charge in [0.2, 0.25) is 0 Å². The van der Waals surface area contributed by atoms with Crippen molar-refractivity contribution in [3.63, 3.8) is 0 Å². The van der Waals surface area contributed by atoms with Crippen molar-refractivity contribution in [1.82, 2.24) is 16.0 Å². The largest absolute Gasteiger partial charge is 0.496 e. The molecule has 0 saturated carbocycles. The van der Waals surface area contributed by atoms with Gasteiger partial charge in [0, 0.05) is 24.3 Å². The van der Waals surface area contributed by atoms with Crippen LogP contribution in [0.25, 0.3) is 0 Å². The Hall–Kier alpha value is -2.12. The monoisotopic (exact) mass is 583 g/mol. The maximum absolute atomic E-state index is 5.82. The van der Waals surface area contributed by atoms with E-state index >= 15 is 0 Å². The summed E-state index contributed by atoms with van der Waals surface area (Å²) in [5, 5.41) is 10.8. The molecule has 0 radical (unpaired) electrons. The molecule has 3 N–H and O–H groups in total. The number of ether oxygens (including phenoxy) is 3. The van der Waals surface area contributed by atoms with Crippen molar-refractivity contribution in [2.45, 2.75) is 103 Å². The highest BCUT2D eigenvalue weighted by Gasteiger charge is 2.02. The van der Waals surface area contributed by atoms with Gasteiger partial charge in [-0.05, 0) is 83.4 Å². The van der Waals surface area contributed by atoms with Gasteiger partial charge in [0.25, 0.3) is 0 Å². The van der Waals surface area contributed by atoms with Gasteiger partial charge in [-0.1, -0.05) is 87.8 Å². The van der Waals surface area contributed by atoms with Gasteiger partial charge in [0.05, 0.1) is 20.8 Å². The highest BCUT2D eigenvalue weighted by molar-refractivity contribution is 5.33. The van der Waals surface area contributed by atoms with E-state index in [1.807, 2.05) is 30.3 Å². The van der Waals surface area contributed by atoms with Crippen LogP contribution in [0.5, 0.6) is 11.5 Å². The van der Waals surface area contributed by atoms with Crippen molar-refractivity contribution >= 4 is 0 Å². The quantitative estimate of drug-likeness (QED) is 0.0855. The molecule has 0 heterocycles. The molecule has 6 nitrogen and oxygen atoms in total. The fourth-order valence-corrected chi connectivity index (χ4v) is 5.19. The summed E-state index contributed by atoms with van der Waals surface area (Å²) in [5.41, 5.74) is 2.36. The maximum Gasteiger partial charge on any atom is 0.124 e. The van der Waals surface area contributed by atoms with Gasteiger partial charge in [0.15, 0.2) is 0 Å². The first-order chi connectivity index (χ1) is 20.8. The Labute approximate surface area is 257 Å². The lowest BCUT2D eigenvalue weighted by molar-refractivity contribution is 0.115. The normalized spacial score (nSPS) is 11.2. The number of para-hydroxylation sites is 2. The summed E-state index contributed by atoms with van der Waals surface area (Å²) >= 11 is 0. The van der Waals surface area contributed by atoms with E-state index in [1.54, 1.807) is 14.2 Å². The second-order valence-electron chi connectivity index (χ2n) is 11.3. The summed E-state index contributed by atoms with van der Waals surface area (Å²) in [6.07, 6.45) is 18.2. The van der Waals surface area contributed by atoms with Crippen molar-refractivity contribution in [2.24, 2.45) is 0 Å². The third kappa shape index (κ3) is 18.4. The maximum atomic E-state index is 5.82. The zero-order chi connectivity index (χ0) is 29.8. The molecule has 0 spiro atoms. The molecule has 238 valence electrons. The molecule has 0 saturated heterocycles. The molecule has 0 atom stereocenters. The summed E-state index contributed by atoms with van der Waals surface area (Å²) < 4.78 is 16.6. The molecule has 0 aliphatic carbocycles. The molecule has 2 rings (SSSR count). The van der Waals surface area contributed by atoms with E-state index < -0.39 is 0 Å². The van der Waals surface area contributed by atoms with Crippen molar-refractivity contribution in [1.29, 1.82) is 0 Å². The van der Waals surface area contributed by atoms with E-state index in [-0.39, 0.29) is 0 Å². The second kappa shape index (κ2) is 26.5. The molecule has 0 aliphatic rings. The van der Waals surface area contributed by atoms with E-state index in [0.29, 0.717) is 6.61 Å². The van der Waals surface area contributed by atoms with Crippen LogP contribution in [0, 0.1) is 0 Å². The summed E-state index contributed by atoms with van der Waals surface area (Å²) in [4.78, 5) is 0.